The molecule has 2 N–H and O–H groups in total. The molecule has 2 heterocycles. The number of hydrogen-bond acceptors (Lipinski definition) is 8. The van der Waals surface area contributed by atoms with Gasteiger partial charge in [0.1, 0.15) is 34.2 Å². The topological polar surface area (TPSA) is 93.6 Å². The van der Waals surface area contributed by atoms with Crippen molar-refractivity contribution in [1.29, 1.82) is 0 Å². The molecule has 3 aromatic rings. The maximum atomic E-state index is 12.3. The molecule has 0 atom stereocenters. The molecule has 7 nitrogen and oxygen atoms in total. The van der Waals surface area contributed by atoms with Gasteiger partial charge in [-0.3, -0.25) is 0 Å². The van der Waals surface area contributed by atoms with E-state index in [1.54, 1.807) is 19.2 Å². The van der Waals surface area contributed by atoms with Crippen molar-refractivity contribution in [3.05, 3.63) is 40.5 Å². The van der Waals surface area contributed by atoms with Crippen LogP contribution >= 0.6 is 11.3 Å². The number of nitrogens with zero attached hydrogens (tertiary/aromatic N) is 2. The van der Waals surface area contributed by atoms with Gasteiger partial charge in [0.05, 0.1) is 17.7 Å². The second kappa shape index (κ2) is 7.67. The number of phenols is 1. The van der Waals surface area contributed by atoms with Crippen LogP contribution in [0, 0.1) is 13.8 Å². The van der Waals surface area contributed by atoms with Gasteiger partial charge in [-0.15, -0.1) is 11.3 Å². The number of aryl methyl sites for hydroxylation is 2. The third-order valence-corrected chi connectivity index (χ3v) is 5.02. The van der Waals surface area contributed by atoms with Crippen LogP contribution in [0.25, 0.3) is 10.2 Å². The molecule has 0 aliphatic heterocycles. The van der Waals surface area contributed by atoms with Gasteiger partial charge in [0.2, 0.25) is 0 Å². The molecule has 2 aromatic heterocycles. The van der Waals surface area contributed by atoms with E-state index in [1.165, 1.54) is 17.7 Å². The minimum Gasteiger partial charge on any atom is -0.506 e. The number of phenolic OH excluding ortho intramolecular Hbond substituents is 1. The van der Waals surface area contributed by atoms with Gasteiger partial charge in [0.15, 0.2) is 0 Å². The number of anilines is 2. The van der Waals surface area contributed by atoms with Crippen LogP contribution in [-0.4, -0.2) is 41.4 Å². The summed E-state index contributed by atoms with van der Waals surface area (Å²) in [5.41, 5.74) is 2.22. The number of thiophene rings is 1. The van der Waals surface area contributed by atoms with Gasteiger partial charge < -0.3 is 19.9 Å². The normalized spacial score (nSPS) is 10.9. The van der Waals surface area contributed by atoms with Gasteiger partial charge >= 0.3 is 5.97 Å². The molecule has 0 amide bonds. The van der Waals surface area contributed by atoms with Crippen LogP contribution in [0.4, 0.5) is 11.5 Å². The van der Waals surface area contributed by atoms with Gasteiger partial charge in [0.25, 0.3) is 0 Å². The smallest absolute Gasteiger partial charge is 0.348 e. The number of fused-ring (bicyclic) bond motifs is 1. The summed E-state index contributed by atoms with van der Waals surface area (Å²) in [6, 6.07) is 5.33. The van der Waals surface area contributed by atoms with Crippen LogP contribution in [0.1, 0.15) is 20.8 Å². The van der Waals surface area contributed by atoms with Crippen molar-refractivity contribution in [2.75, 3.05) is 25.6 Å². The highest BCUT2D eigenvalue weighted by Gasteiger charge is 2.20. The fourth-order valence-electron chi connectivity index (χ4n) is 2.52. The van der Waals surface area contributed by atoms with E-state index >= 15 is 0 Å². The van der Waals surface area contributed by atoms with E-state index in [2.05, 4.69) is 15.3 Å². The highest BCUT2D eigenvalue weighted by atomic mass is 32.1. The molecule has 1 aromatic carbocycles. The van der Waals surface area contributed by atoms with Gasteiger partial charge in [-0.25, -0.2) is 14.8 Å². The first kappa shape index (κ1) is 18.1. The number of methoxy groups -OCH3 is 1. The van der Waals surface area contributed by atoms with Crippen molar-refractivity contribution in [1.82, 2.24) is 9.97 Å². The summed E-state index contributed by atoms with van der Waals surface area (Å²) in [6.45, 7) is 4.26. The van der Waals surface area contributed by atoms with Gasteiger partial charge in [-0.1, -0.05) is 6.07 Å². The number of nitrogens with one attached hydrogen (secondary N) is 1. The molecule has 0 saturated heterocycles. The number of aromatic nitrogens is 2. The van der Waals surface area contributed by atoms with E-state index in [1.807, 2.05) is 19.9 Å². The molecule has 0 spiro atoms. The van der Waals surface area contributed by atoms with Crippen LogP contribution in [0.3, 0.4) is 0 Å². The molecular formula is C18H19N3O4S. The molecule has 3 rings (SSSR count). The Balaban J connectivity index is 1.96. The lowest BCUT2D eigenvalue weighted by molar-refractivity contribution is 0.0393. The predicted molar refractivity (Wildman–Crippen MR) is 100 cm³/mol. The SMILES string of the molecule is COCCOC(=O)c1sc2ncnc(Nc3ccc(C)cc3O)c2c1C. The molecule has 0 unspecified atom stereocenters. The number of aromatic hydroxyl groups is 1. The molecule has 0 radical (unpaired) electrons. The average Bonchev–Trinajstić information content (AvgIpc) is 2.95. The van der Waals surface area contributed by atoms with E-state index in [-0.39, 0.29) is 12.4 Å². The number of hydrogen-bond donors (Lipinski definition) is 2. The largest absolute Gasteiger partial charge is 0.506 e. The zero-order valence-electron chi connectivity index (χ0n) is 14.7. The van der Waals surface area contributed by atoms with Gasteiger partial charge in [0, 0.05) is 7.11 Å². The predicted octanol–water partition coefficient (Wildman–Crippen LogP) is 3.56. The van der Waals surface area contributed by atoms with Crippen molar-refractivity contribution in [3.63, 3.8) is 0 Å². The van der Waals surface area contributed by atoms with E-state index in [0.29, 0.717) is 27.8 Å². The molecule has 8 heteroatoms. The first-order valence-corrected chi connectivity index (χ1v) is 8.79. The Morgan fingerprint density at radius 2 is 2.08 bits per heavy atom. The highest BCUT2D eigenvalue weighted by Crippen LogP contribution is 2.36. The molecule has 0 aliphatic rings. The summed E-state index contributed by atoms with van der Waals surface area (Å²) in [4.78, 5) is 22.0. The molecule has 0 fully saturated rings. The van der Waals surface area contributed by atoms with E-state index in [9.17, 15) is 9.90 Å². The fraction of sp³-hybridized carbons (Fsp3) is 0.278. The van der Waals surface area contributed by atoms with Gasteiger partial charge in [-0.2, -0.15) is 0 Å². The quantitative estimate of drug-likeness (QED) is 0.388. The van der Waals surface area contributed by atoms with Crippen molar-refractivity contribution in [2.45, 2.75) is 13.8 Å². The van der Waals surface area contributed by atoms with E-state index < -0.39 is 5.97 Å². The second-order valence-corrected chi connectivity index (χ2v) is 6.73. The van der Waals surface area contributed by atoms with Crippen molar-refractivity contribution in [2.24, 2.45) is 0 Å². The summed E-state index contributed by atoms with van der Waals surface area (Å²) >= 11 is 1.25. The average molecular weight is 373 g/mol. The number of rotatable bonds is 6. The number of carbonyl (C=O) groups is 1. The lowest BCUT2D eigenvalue weighted by Gasteiger charge is -2.09. The van der Waals surface area contributed by atoms with Crippen molar-refractivity contribution in [3.8, 4) is 5.75 Å². The molecule has 136 valence electrons. The van der Waals surface area contributed by atoms with Crippen molar-refractivity contribution < 1.29 is 19.4 Å². The minimum absolute atomic E-state index is 0.129. The summed E-state index contributed by atoms with van der Waals surface area (Å²) in [7, 11) is 1.55. The first-order valence-electron chi connectivity index (χ1n) is 7.98. The Morgan fingerprint density at radius 3 is 2.81 bits per heavy atom. The second-order valence-electron chi connectivity index (χ2n) is 5.73. The zero-order chi connectivity index (χ0) is 18.7. The Labute approximate surface area is 154 Å². The molecule has 26 heavy (non-hydrogen) atoms. The Morgan fingerprint density at radius 1 is 1.27 bits per heavy atom. The summed E-state index contributed by atoms with van der Waals surface area (Å²) in [6.07, 6.45) is 1.42. The maximum absolute atomic E-state index is 12.3. The molecule has 0 bridgehead atoms. The lowest BCUT2D eigenvalue weighted by atomic mass is 10.2. The van der Waals surface area contributed by atoms with E-state index in [0.717, 1.165) is 16.5 Å². The lowest BCUT2D eigenvalue weighted by Crippen LogP contribution is -2.09. The Hall–Kier alpha value is -2.71. The summed E-state index contributed by atoms with van der Waals surface area (Å²) < 4.78 is 10.1. The zero-order valence-corrected chi connectivity index (χ0v) is 15.5. The standard InChI is InChI=1S/C18H19N3O4S/c1-10-4-5-12(13(22)8-10)21-16-14-11(2)15(18(23)25-7-6-24-3)26-17(14)20-9-19-16/h4-5,8-9,22H,6-7H2,1-3H3,(H,19,20,21). The number of carbonyl (C=O) groups excluding carboxylic acids is 1. The minimum atomic E-state index is -0.410. The number of esters is 1. The van der Waals surface area contributed by atoms with Crippen LogP contribution in [0.15, 0.2) is 24.5 Å². The van der Waals surface area contributed by atoms with Crippen LogP contribution in [0.5, 0.6) is 5.75 Å². The summed E-state index contributed by atoms with van der Waals surface area (Å²) in [5, 5.41) is 14.0. The monoisotopic (exact) mass is 373 g/mol. The maximum Gasteiger partial charge on any atom is 0.348 e. The Kier molecular flexibility index (Phi) is 5.34. The first-order chi connectivity index (χ1) is 12.5. The highest BCUT2D eigenvalue weighted by molar-refractivity contribution is 7.20. The fourth-order valence-corrected chi connectivity index (χ4v) is 3.56. The third-order valence-electron chi connectivity index (χ3n) is 3.84. The third kappa shape index (κ3) is 3.61. The molecular weight excluding hydrogens is 354 g/mol. The van der Waals surface area contributed by atoms with E-state index in [4.69, 9.17) is 9.47 Å². The molecule has 0 aliphatic carbocycles. The Bertz CT molecular complexity index is 955. The molecule has 0 saturated carbocycles. The van der Waals surface area contributed by atoms with Crippen LogP contribution < -0.4 is 5.32 Å². The number of benzene rings is 1. The van der Waals surface area contributed by atoms with Crippen molar-refractivity contribution >= 4 is 39.0 Å². The van der Waals surface area contributed by atoms with Crippen LogP contribution in [-0.2, 0) is 9.47 Å². The number of ether oxygens (including phenoxy) is 2. The van der Waals surface area contributed by atoms with Gasteiger partial charge in [-0.05, 0) is 37.1 Å². The van der Waals surface area contributed by atoms with Crippen LogP contribution in [0.2, 0.25) is 0 Å². The summed E-state index contributed by atoms with van der Waals surface area (Å²) in [5.74, 6) is 0.245.